The number of aryl methyl sites for hydroxylation is 1. The highest BCUT2D eigenvalue weighted by Gasteiger charge is 2.27. The van der Waals surface area contributed by atoms with Gasteiger partial charge >= 0.3 is 0 Å². The molecule has 1 aliphatic rings. The van der Waals surface area contributed by atoms with Crippen LogP contribution in [0.25, 0.3) is 0 Å². The number of benzene rings is 1. The number of amides is 1. The smallest absolute Gasteiger partial charge is 0.251 e. The number of nitrogens with one attached hydrogen (secondary N) is 1. The maximum absolute atomic E-state index is 12.1. The predicted molar refractivity (Wildman–Crippen MR) is 76.1 cm³/mol. The van der Waals surface area contributed by atoms with Crippen LogP contribution in [0.1, 0.15) is 40.6 Å². The molecule has 3 rings (SSSR count). The highest BCUT2D eigenvalue weighted by Crippen LogP contribution is 2.34. The molecular formula is C13H14BrN5O. The van der Waals surface area contributed by atoms with Crippen molar-refractivity contribution in [1.29, 1.82) is 0 Å². The first-order valence-corrected chi connectivity index (χ1v) is 7.25. The molecule has 0 radical (unpaired) electrons. The number of hydrogen-bond acceptors (Lipinski definition) is 4. The minimum absolute atomic E-state index is 0.129. The van der Waals surface area contributed by atoms with Gasteiger partial charge in [0.05, 0.1) is 12.6 Å². The molecule has 0 spiro atoms. The van der Waals surface area contributed by atoms with Crippen LogP contribution in [0.2, 0.25) is 0 Å². The number of carbonyl (C=O) groups is 1. The summed E-state index contributed by atoms with van der Waals surface area (Å²) in [5.41, 5.74) is 1.71. The lowest BCUT2D eigenvalue weighted by Gasteiger charge is -2.06. The molecule has 2 aromatic rings. The number of carbonyl (C=O) groups excluding carboxylic acids is 1. The molecule has 1 fully saturated rings. The Morgan fingerprint density at radius 3 is 3.00 bits per heavy atom. The van der Waals surface area contributed by atoms with Gasteiger partial charge in [0.25, 0.3) is 5.91 Å². The van der Waals surface area contributed by atoms with Crippen LogP contribution in [-0.4, -0.2) is 26.1 Å². The van der Waals surface area contributed by atoms with Crippen LogP contribution >= 0.6 is 15.9 Å². The van der Waals surface area contributed by atoms with Crippen LogP contribution in [-0.2, 0) is 6.54 Å². The Morgan fingerprint density at radius 2 is 2.30 bits per heavy atom. The van der Waals surface area contributed by atoms with Crippen LogP contribution < -0.4 is 5.32 Å². The van der Waals surface area contributed by atoms with Crippen LogP contribution in [0, 0.1) is 6.92 Å². The van der Waals surface area contributed by atoms with Crippen molar-refractivity contribution in [2.75, 3.05) is 0 Å². The highest BCUT2D eigenvalue weighted by molar-refractivity contribution is 9.10. The summed E-state index contributed by atoms with van der Waals surface area (Å²) >= 11 is 3.43. The molecule has 1 aliphatic carbocycles. The van der Waals surface area contributed by atoms with E-state index in [-0.39, 0.29) is 5.91 Å². The Labute approximate surface area is 124 Å². The van der Waals surface area contributed by atoms with E-state index in [4.69, 9.17) is 0 Å². The lowest BCUT2D eigenvalue weighted by atomic mass is 10.1. The average Bonchev–Trinajstić information content (AvgIpc) is 3.18. The largest absolute Gasteiger partial charge is 0.345 e. The van der Waals surface area contributed by atoms with Crippen molar-refractivity contribution >= 4 is 21.8 Å². The van der Waals surface area contributed by atoms with Gasteiger partial charge in [0.1, 0.15) is 0 Å². The molecule has 7 heteroatoms. The van der Waals surface area contributed by atoms with Gasteiger partial charge in [-0.3, -0.25) is 4.79 Å². The molecule has 0 saturated heterocycles. The van der Waals surface area contributed by atoms with Crippen molar-refractivity contribution in [3.8, 4) is 0 Å². The van der Waals surface area contributed by atoms with Crippen molar-refractivity contribution in [1.82, 2.24) is 25.5 Å². The van der Waals surface area contributed by atoms with Crippen LogP contribution in [0.5, 0.6) is 0 Å². The van der Waals surface area contributed by atoms with E-state index >= 15 is 0 Å². The molecule has 1 N–H and O–H groups in total. The van der Waals surface area contributed by atoms with E-state index in [9.17, 15) is 4.79 Å². The summed E-state index contributed by atoms with van der Waals surface area (Å²) in [6, 6.07) is 5.94. The first kappa shape index (κ1) is 13.2. The molecule has 6 nitrogen and oxygen atoms in total. The maximum atomic E-state index is 12.1. The van der Waals surface area contributed by atoms with Gasteiger partial charge in [-0.1, -0.05) is 22.0 Å². The molecule has 0 bridgehead atoms. The van der Waals surface area contributed by atoms with E-state index in [2.05, 4.69) is 36.8 Å². The fourth-order valence-electron chi connectivity index (χ4n) is 1.93. The number of rotatable bonds is 4. The van der Waals surface area contributed by atoms with Crippen molar-refractivity contribution in [2.45, 2.75) is 32.4 Å². The molecule has 1 aromatic carbocycles. The first-order valence-electron chi connectivity index (χ1n) is 6.46. The summed E-state index contributed by atoms with van der Waals surface area (Å²) in [5.74, 6) is 0.572. The van der Waals surface area contributed by atoms with E-state index in [1.54, 1.807) is 10.7 Å². The van der Waals surface area contributed by atoms with Gasteiger partial charge in [0.15, 0.2) is 5.82 Å². The predicted octanol–water partition coefficient (Wildman–Crippen LogP) is 2.01. The SMILES string of the molecule is Cc1ccc(C(=O)NCc2nnnn2C2CC2)cc1Br. The number of aromatic nitrogens is 4. The van der Waals surface area contributed by atoms with E-state index in [1.165, 1.54) is 0 Å². The lowest BCUT2D eigenvalue weighted by Crippen LogP contribution is -2.25. The molecular weight excluding hydrogens is 322 g/mol. The molecule has 0 atom stereocenters. The van der Waals surface area contributed by atoms with E-state index in [1.807, 2.05) is 19.1 Å². The van der Waals surface area contributed by atoms with Gasteiger partial charge < -0.3 is 5.32 Å². The van der Waals surface area contributed by atoms with Crippen LogP contribution in [0.4, 0.5) is 0 Å². The summed E-state index contributed by atoms with van der Waals surface area (Å²) in [5, 5.41) is 14.4. The van der Waals surface area contributed by atoms with Crippen molar-refractivity contribution in [3.05, 3.63) is 39.6 Å². The zero-order valence-electron chi connectivity index (χ0n) is 11.0. The minimum atomic E-state index is -0.129. The third kappa shape index (κ3) is 2.72. The summed E-state index contributed by atoms with van der Waals surface area (Å²) in [6.45, 7) is 2.32. The maximum Gasteiger partial charge on any atom is 0.251 e. The van der Waals surface area contributed by atoms with Gasteiger partial charge in [0, 0.05) is 10.0 Å². The third-order valence-corrected chi connectivity index (χ3v) is 4.15. The standard InChI is InChI=1S/C13H14BrN5O/c1-8-2-3-9(6-11(8)14)13(20)15-7-12-16-17-18-19(12)10-4-5-10/h2-3,6,10H,4-5,7H2,1H3,(H,15,20). The van der Waals surface area contributed by atoms with Crippen LogP contribution in [0.3, 0.4) is 0 Å². The van der Waals surface area contributed by atoms with E-state index < -0.39 is 0 Å². The van der Waals surface area contributed by atoms with E-state index in [0.717, 1.165) is 22.9 Å². The van der Waals surface area contributed by atoms with Gasteiger partial charge in [0.2, 0.25) is 0 Å². The Hall–Kier alpha value is -1.76. The topological polar surface area (TPSA) is 72.7 Å². The second-order valence-electron chi connectivity index (χ2n) is 4.92. The zero-order chi connectivity index (χ0) is 14.1. The molecule has 1 aromatic heterocycles. The number of halogens is 1. The third-order valence-electron chi connectivity index (χ3n) is 3.29. The fraction of sp³-hybridized carbons (Fsp3) is 0.385. The highest BCUT2D eigenvalue weighted by atomic mass is 79.9. The zero-order valence-corrected chi connectivity index (χ0v) is 12.6. The summed E-state index contributed by atoms with van der Waals surface area (Å²) in [7, 11) is 0. The number of hydrogen-bond donors (Lipinski definition) is 1. The molecule has 20 heavy (non-hydrogen) atoms. The van der Waals surface area contributed by atoms with Crippen LogP contribution in [0.15, 0.2) is 22.7 Å². The average molecular weight is 336 g/mol. The molecule has 1 amide bonds. The molecule has 1 saturated carbocycles. The van der Waals surface area contributed by atoms with Gasteiger partial charge in [-0.2, -0.15) is 0 Å². The Morgan fingerprint density at radius 1 is 1.50 bits per heavy atom. The van der Waals surface area contributed by atoms with Gasteiger partial charge in [-0.25, -0.2) is 4.68 Å². The van der Waals surface area contributed by atoms with E-state index in [0.29, 0.717) is 24.0 Å². The minimum Gasteiger partial charge on any atom is -0.345 e. The Bertz CT molecular complexity index is 650. The summed E-state index contributed by atoms with van der Waals surface area (Å²) in [4.78, 5) is 12.1. The fourth-order valence-corrected chi connectivity index (χ4v) is 2.31. The molecule has 104 valence electrons. The molecule has 0 aliphatic heterocycles. The number of tetrazole rings is 1. The van der Waals surface area contributed by atoms with Gasteiger partial charge in [-0.05, 0) is 47.9 Å². The lowest BCUT2D eigenvalue weighted by molar-refractivity contribution is 0.0949. The Kier molecular flexibility index (Phi) is 3.52. The molecule has 1 heterocycles. The Balaban J connectivity index is 1.66. The monoisotopic (exact) mass is 335 g/mol. The first-order chi connectivity index (χ1) is 9.65. The number of nitrogens with zero attached hydrogens (tertiary/aromatic N) is 4. The van der Waals surface area contributed by atoms with Crippen molar-refractivity contribution in [3.63, 3.8) is 0 Å². The second-order valence-corrected chi connectivity index (χ2v) is 5.77. The second kappa shape index (κ2) is 5.32. The summed E-state index contributed by atoms with van der Waals surface area (Å²) < 4.78 is 2.72. The van der Waals surface area contributed by atoms with Crippen molar-refractivity contribution in [2.24, 2.45) is 0 Å². The van der Waals surface area contributed by atoms with Crippen molar-refractivity contribution < 1.29 is 4.79 Å². The summed E-state index contributed by atoms with van der Waals surface area (Å²) in [6.07, 6.45) is 2.22. The van der Waals surface area contributed by atoms with Gasteiger partial charge in [-0.15, -0.1) is 5.10 Å². The normalized spacial score (nSPS) is 14.3. The quantitative estimate of drug-likeness (QED) is 0.927. The molecule has 0 unspecified atom stereocenters.